The summed E-state index contributed by atoms with van der Waals surface area (Å²) in [5, 5.41) is 3.34. The molecule has 2 heteroatoms. The van der Waals surface area contributed by atoms with Crippen molar-refractivity contribution in [2.75, 3.05) is 0 Å². The van der Waals surface area contributed by atoms with Gasteiger partial charge < -0.3 is 0 Å². The monoisotopic (exact) mass is 397 g/mol. The maximum atomic E-state index is 11.1. The van der Waals surface area contributed by atoms with Gasteiger partial charge in [-0.1, -0.05) is 77.3 Å². The van der Waals surface area contributed by atoms with Crippen LogP contribution >= 0.6 is 0 Å². The normalized spacial score (nSPS) is 44.6. The summed E-state index contributed by atoms with van der Waals surface area (Å²) < 4.78 is 0. The molecule has 1 unspecified atom stereocenters. The first-order valence-corrected chi connectivity index (χ1v) is 12.5. The summed E-state index contributed by atoms with van der Waals surface area (Å²) in [5.41, 5.74) is 2.21. The molecule has 162 valence electrons. The highest BCUT2D eigenvalue weighted by Gasteiger charge is 2.58. The Hall–Kier alpha value is -0.920. The Balaban J connectivity index is 1.52. The Morgan fingerprint density at radius 1 is 1.03 bits per heavy atom. The van der Waals surface area contributed by atoms with Crippen molar-refractivity contribution in [2.24, 2.45) is 51.5 Å². The van der Waals surface area contributed by atoms with Gasteiger partial charge in [0.15, 0.2) is 0 Å². The minimum absolute atomic E-state index is 0.101. The van der Waals surface area contributed by atoms with Crippen LogP contribution in [-0.2, 0) is 0 Å². The molecule has 2 nitrogen and oxygen atoms in total. The third-order valence-corrected chi connectivity index (χ3v) is 9.98. The first-order valence-electron chi connectivity index (χ1n) is 12.5. The third-order valence-electron chi connectivity index (χ3n) is 9.98. The molecular weight excluding hydrogens is 354 g/mol. The zero-order valence-corrected chi connectivity index (χ0v) is 19.5. The first kappa shape index (κ1) is 21.3. The molecule has 0 bridgehead atoms. The van der Waals surface area contributed by atoms with E-state index in [1.807, 2.05) is 0 Å². The highest BCUT2D eigenvalue weighted by Crippen LogP contribution is 2.66. The average molecular weight is 398 g/mol. The van der Waals surface area contributed by atoms with Crippen molar-refractivity contribution in [3.63, 3.8) is 0 Å². The first-order chi connectivity index (χ1) is 13.8. The van der Waals surface area contributed by atoms with Crippen molar-refractivity contribution in [2.45, 2.75) is 98.4 Å². The van der Waals surface area contributed by atoms with Gasteiger partial charge in [0.2, 0.25) is 0 Å². The molecule has 4 aliphatic carbocycles. The molecule has 0 amide bonds. The van der Waals surface area contributed by atoms with Crippen LogP contribution < -0.4 is 0 Å². The molecule has 4 rings (SSSR count). The van der Waals surface area contributed by atoms with Crippen LogP contribution in [0.25, 0.3) is 0 Å². The second kappa shape index (κ2) is 7.97. The zero-order valence-electron chi connectivity index (χ0n) is 19.5. The predicted octanol–water partition coefficient (Wildman–Crippen LogP) is 7.94. The fourth-order valence-corrected chi connectivity index (χ4v) is 8.25. The van der Waals surface area contributed by atoms with Gasteiger partial charge >= 0.3 is 0 Å². The van der Waals surface area contributed by atoms with Gasteiger partial charge in [0, 0.05) is 0 Å². The maximum Gasteiger partial charge on any atom is 0.111 e. The molecule has 0 heterocycles. The van der Waals surface area contributed by atoms with Gasteiger partial charge in [-0.3, -0.25) is 0 Å². The van der Waals surface area contributed by atoms with Crippen molar-refractivity contribution in [3.05, 3.63) is 28.7 Å². The van der Waals surface area contributed by atoms with Crippen molar-refractivity contribution in [1.29, 1.82) is 0 Å². The highest BCUT2D eigenvalue weighted by molar-refractivity contribution is 5.36. The average Bonchev–Trinajstić information content (AvgIpc) is 3.04. The number of hydrogen-bond donors (Lipinski definition) is 0. The van der Waals surface area contributed by atoms with Crippen molar-refractivity contribution in [1.82, 2.24) is 0 Å². The Morgan fingerprint density at radius 3 is 2.55 bits per heavy atom. The molecule has 2 fully saturated rings. The minimum atomic E-state index is -0.101. The van der Waals surface area contributed by atoms with Gasteiger partial charge in [0.25, 0.3) is 0 Å². The van der Waals surface area contributed by atoms with Gasteiger partial charge in [0.1, 0.15) is 6.04 Å². The maximum absolute atomic E-state index is 11.1. The smallest absolute Gasteiger partial charge is 0.111 e. The molecule has 0 aromatic rings. The lowest BCUT2D eigenvalue weighted by Gasteiger charge is -2.57. The molecule has 8 atom stereocenters. The molecule has 2 saturated carbocycles. The van der Waals surface area contributed by atoms with E-state index in [9.17, 15) is 4.91 Å². The largest absolute Gasteiger partial charge is 0.150 e. The van der Waals surface area contributed by atoms with Crippen LogP contribution in [0.2, 0.25) is 0 Å². The number of rotatable bonds is 6. The van der Waals surface area contributed by atoms with E-state index < -0.39 is 0 Å². The van der Waals surface area contributed by atoms with E-state index in [1.165, 1.54) is 50.5 Å². The summed E-state index contributed by atoms with van der Waals surface area (Å²) >= 11 is 0. The number of hydrogen-bond acceptors (Lipinski definition) is 2. The van der Waals surface area contributed by atoms with Gasteiger partial charge in [-0.2, -0.15) is 4.91 Å². The summed E-state index contributed by atoms with van der Waals surface area (Å²) in [6.07, 6.45) is 19.1. The SMILES string of the molecule is CC(C)CCC[C@@H](C)[C@H]1CC[C@H]2[C@@H]3C=CC4=CC(N=O)CC[C@]4(C)[C@H]3CC[C@]12C. The van der Waals surface area contributed by atoms with Gasteiger partial charge in [0.05, 0.1) is 0 Å². The topological polar surface area (TPSA) is 29.4 Å². The van der Waals surface area contributed by atoms with Crippen LogP contribution in [-0.4, -0.2) is 6.04 Å². The minimum Gasteiger partial charge on any atom is -0.150 e. The quantitative estimate of drug-likeness (QED) is 0.418. The van der Waals surface area contributed by atoms with Crippen LogP contribution in [0.3, 0.4) is 0 Å². The summed E-state index contributed by atoms with van der Waals surface area (Å²) in [6, 6.07) is -0.101. The molecule has 0 aromatic heterocycles. The number of nitrogens with zero attached hydrogens (tertiary/aromatic N) is 1. The number of fused-ring (bicyclic) bond motifs is 5. The molecule has 0 aliphatic heterocycles. The van der Waals surface area contributed by atoms with E-state index in [0.29, 0.717) is 5.41 Å². The van der Waals surface area contributed by atoms with E-state index in [1.54, 1.807) is 0 Å². The van der Waals surface area contributed by atoms with Crippen LogP contribution in [0.5, 0.6) is 0 Å². The van der Waals surface area contributed by atoms with Gasteiger partial charge in [-0.15, -0.1) is 0 Å². The standard InChI is InChI=1S/C27H43NO/c1-18(2)7-6-8-19(3)23-11-12-24-22-10-9-20-17-21(28-29)13-15-26(20,4)25(22)14-16-27(23,24)5/h9-10,17-19,21-25H,6-8,11-16H2,1-5H3/t19-,21?,22+,23-,24+,25+,26+,27-/m1/s1. The van der Waals surface area contributed by atoms with Crippen molar-refractivity contribution in [3.8, 4) is 0 Å². The van der Waals surface area contributed by atoms with Crippen LogP contribution in [0.1, 0.15) is 92.4 Å². The van der Waals surface area contributed by atoms with E-state index in [-0.39, 0.29) is 11.5 Å². The molecule has 0 spiro atoms. The third kappa shape index (κ3) is 3.57. The van der Waals surface area contributed by atoms with Gasteiger partial charge in [-0.05, 0) is 90.4 Å². The zero-order chi connectivity index (χ0) is 20.8. The lowest BCUT2D eigenvalue weighted by atomic mass is 9.48. The lowest BCUT2D eigenvalue weighted by molar-refractivity contribution is -0.0268. The van der Waals surface area contributed by atoms with E-state index in [2.05, 4.69) is 58.0 Å². The summed E-state index contributed by atoms with van der Waals surface area (Å²) in [4.78, 5) is 11.1. The van der Waals surface area contributed by atoms with Crippen molar-refractivity contribution >= 4 is 0 Å². The Kier molecular flexibility index (Phi) is 5.86. The summed E-state index contributed by atoms with van der Waals surface area (Å²) in [5.74, 6) is 4.98. The lowest BCUT2D eigenvalue weighted by Crippen LogP contribution is -2.49. The molecule has 29 heavy (non-hydrogen) atoms. The second-order valence-corrected chi connectivity index (χ2v) is 11.9. The van der Waals surface area contributed by atoms with E-state index in [0.717, 1.165) is 48.3 Å². The fraction of sp³-hybridized carbons (Fsp3) is 0.852. The van der Waals surface area contributed by atoms with Crippen LogP contribution in [0.15, 0.2) is 29.0 Å². The Labute approximate surface area is 179 Å². The molecule has 0 radical (unpaired) electrons. The second-order valence-electron chi connectivity index (χ2n) is 11.9. The molecule has 0 aromatic carbocycles. The number of nitroso groups, excluding NO2 is 1. The summed E-state index contributed by atoms with van der Waals surface area (Å²) in [6.45, 7) is 12.4. The number of allylic oxidation sites excluding steroid dienone is 3. The molecule has 0 saturated heterocycles. The molecule has 0 N–H and O–H groups in total. The van der Waals surface area contributed by atoms with Gasteiger partial charge in [-0.25, -0.2) is 0 Å². The predicted molar refractivity (Wildman–Crippen MR) is 123 cm³/mol. The fourth-order valence-electron chi connectivity index (χ4n) is 8.25. The highest BCUT2D eigenvalue weighted by atomic mass is 16.3. The molecular formula is C27H43NO. The Morgan fingerprint density at radius 2 is 1.83 bits per heavy atom. The Bertz CT molecular complexity index is 678. The molecule has 4 aliphatic rings. The summed E-state index contributed by atoms with van der Waals surface area (Å²) in [7, 11) is 0. The van der Waals surface area contributed by atoms with Crippen LogP contribution in [0, 0.1) is 51.2 Å². The van der Waals surface area contributed by atoms with Crippen molar-refractivity contribution < 1.29 is 0 Å². The van der Waals surface area contributed by atoms with E-state index in [4.69, 9.17) is 0 Å². The van der Waals surface area contributed by atoms with Crippen LogP contribution in [0.4, 0.5) is 0 Å². The van der Waals surface area contributed by atoms with E-state index >= 15 is 0 Å².